The van der Waals surface area contributed by atoms with Crippen molar-refractivity contribution >= 4 is 5.91 Å². The van der Waals surface area contributed by atoms with Crippen LogP contribution in [0.15, 0.2) is 12.7 Å². The third-order valence-corrected chi connectivity index (χ3v) is 3.98. The molecular weight excluding hydrogens is 212 g/mol. The van der Waals surface area contributed by atoms with Crippen molar-refractivity contribution in [2.45, 2.75) is 57.0 Å². The molecule has 3 heteroatoms. The van der Waals surface area contributed by atoms with Gasteiger partial charge in [0.15, 0.2) is 0 Å². The Morgan fingerprint density at radius 1 is 1.24 bits per heavy atom. The molecular formula is C14H24N2O. The zero-order chi connectivity index (χ0) is 12.1. The van der Waals surface area contributed by atoms with Gasteiger partial charge in [-0.05, 0) is 32.2 Å². The minimum atomic E-state index is 0.0595. The summed E-state index contributed by atoms with van der Waals surface area (Å²) in [4.78, 5) is 14.5. The lowest BCUT2D eigenvalue weighted by Gasteiger charge is -2.33. The second-order valence-electron chi connectivity index (χ2n) is 5.22. The van der Waals surface area contributed by atoms with Gasteiger partial charge in [-0.15, -0.1) is 6.58 Å². The number of hydrogen-bond donors (Lipinski definition) is 1. The van der Waals surface area contributed by atoms with Crippen LogP contribution in [0.2, 0.25) is 0 Å². The van der Waals surface area contributed by atoms with E-state index >= 15 is 0 Å². The van der Waals surface area contributed by atoms with Crippen LogP contribution >= 0.6 is 0 Å². The van der Waals surface area contributed by atoms with Crippen molar-refractivity contribution in [2.24, 2.45) is 0 Å². The van der Waals surface area contributed by atoms with Gasteiger partial charge in [0.2, 0.25) is 5.91 Å². The van der Waals surface area contributed by atoms with E-state index in [2.05, 4.69) is 16.8 Å². The predicted octanol–water partition coefficient (Wildman–Crippen LogP) is 2.09. The SMILES string of the molecule is C=CCN(C(=O)[C@@H]1CCCCN1)C1CCCC1. The average molecular weight is 236 g/mol. The van der Waals surface area contributed by atoms with E-state index in [9.17, 15) is 4.79 Å². The van der Waals surface area contributed by atoms with Gasteiger partial charge < -0.3 is 10.2 Å². The number of carbonyl (C=O) groups excluding carboxylic acids is 1. The summed E-state index contributed by atoms with van der Waals surface area (Å²) in [5.41, 5.74) is 0. The molecule has 0 radical (unpaired) electrons. The van der Waals surface area contributed by atoms with Crippen molar-refractivity contribution in [2.75, 3.05) is 13.1 Å². The fraction of sp³-hybridized carbons (Fsp3) is 0.786. The quantitative estimate of drug-likeness (QED) is 0.758. The molecule has 96 valence electrons. The molecule has 0 unspecified atom stereocenters. The largest absolute Gasteiger partial charge is 0.335 e. The number of carbonyl (C=O) groups is 1. The van der Waals surface area contributed by atoms with Gasteiger partial charge in [0.1, 0.15) is 0 Å². The molecule has 1 atom stereocenters. The molecule has 2 aliphatic rings. The average Bonchev–Trinajstić information content (AvgIpc) is 2.90. The number of rotatable bonds is 4. The Morgan fingerprint density at radius 2 is 1.94 bits per heavy atom. The summed E-state index contributed by atoms with van der Waals surface area (Å²) in [6.07, 6.45) is 10.1. The van der Waals surface area contributed by atoms with Crippen LogP contribution in [-0.2, 0) is 4.79 Å². The molecule has 1 amide bonds. The van der Waals surface area contributed by atoms with Gasteiger partial charge in [0.25, 0.3) is 0 Å². The van der Waals surface area contributed by atoms with E-state index < -0.39 is 0 Å². The maximum atomic E-state index is 12.5. The molecule has 0 aromatic carbocycles. The molecule has 2 fully saturated rings. The normalized spacial score (nSPS) is 25.8. The molecule has 1 saturated carbocycles. The van der Waals surface area contributed by atoms with Crippen molar-refractivity contribution in [3.8, 4) is 0 Å². The smallest absolute Gasteiger partial charge is 0.240 e. The highest BCUT2D eigenvalue weighted by Crippen LogP contribution is 2.24. The molecule has 0 aromatic rings. The van der Waals surface area contributed by atoms with Gasteiger partial charge in [-0.1, -0.05) is 25.3 Å². The predicted molar refractivity (Wildman–Crippen MR) is 69.8 cm³/mol. The fourth-order valence-electron chi connectivity index (χ4n) is 3.04. The molecule has 1 aliphatic heterocycles. The summed E-state index contributed by atoms with van der Waals surface area (Å²) in [6, 6.07) is 0.522. The van der Waals surface area contributed by atoms with Gasteiger partial charge in [0.05, 0.1) is 6.04 Å². The van der Waals surface area contributed by atoms with Crippen LogP contribution in [0.1, 0.15) is 44.9 Å². The Bertz CT molecular complexity index is 265. The van der Waals surface area contributed by atoms with Crippen molar-refractivity contribution in [3.63, 3.8) is 0 Å². The van der Waals surface area contributed by atoms with E-state index in [0.29, 0.717) is 18.5 Å². The van der Waals surface area contributed by atoms with Gasteiger partial charge in [0, 0.05) is 12.6 Å². The molecule has 0 spiro atoms. The van der Waals surface area contributed by atoms with Crippen molar-refractivity contribution in [1.29, 1.82) is 0 Å². The maximum Gasteiger partial charge on any atom is 0.240 e. The first-order chi connectivity index (χ1) is 8.33. The van der Waals surface area contributed by atoms with Crippen LogP contribution in [0.5, 0.6) is 0 Å². The summed E-state index contributed by atoms with van der Waals surface area (Å²) in [7, 11) is 0. The molecule has 0 bridgehead atoms. The molecule has 2 rings (SSSR count). The van der Waals surface area contributed by atoms with E-state index in [4.69, 9.17) is 0 Å². The van der Waals surface area contributed by atoms with E-state index in [0.717, 1.165) is 13.0 Å². The second-order valence-corrected chi connectivity index (χ2v) is 5.22. The Balaban J connectivity index is 1.97. The van der Waals surface area contributed by atoms with E-state index in [1.165, 1.54) is 38.5 Å². The lowest BCUT2D eigenvalue weighted by Crippen LogP contribution is -2.51. The van der Waals surface area contributed by atoms with Crippen molar-refractivity contribution in [1.82, 2.24) is 10.2 Å². The first-order valence-electron chi connectivity index (χ1n) is 6.97. The number of nitrogens with zero attached hydrogens (tertiary/aromatic N) is 1. The van der Waals surface area contributed by atoms with Gasteiger partial charge >= 0.3 is 0 Å². The van der Waals surface area contributed by atoms with Crippen LogP contribution < -0.4 is 5.32 Å². The van der Waals surface area contributed by atoms with Crippen LogP contribution in [0.25, 0.3) is 0 Å². The summed E-state index contributed by atoms with van der Waals surface area (Å²) in [5.74, 6) is 0.302. The highest BCUT2D eigenvalue weighted by atomic mass is 16.2. The van der Waals surface area contributed by atoms with Crippen molar-refractivity contribution < 1.29 is 4.79 Å². The Kier molecular flexibility index (Phi) is 4.60. The van der Waals surface area contributed by atoms with Crippen LogP contribution in [0.3, 0.4) is 0 Å². The van der Waals surface area contributed by atoms with Crippen molar-refractivity contribution in [3.05, 3.63) is 12.7 Å². The molecule has 0 aromatic heterocycles. The molecule has 1 saturated heterocycles. The fourth-order valence-corrected chi connectivity index (χ4v) is 3.04. The topological polar surface area (TPSA) is 32.3 Å². The summed E-state index contributed by atoms with van der Waals surface area (Å²) in [5, 5.41) is 3.36. The number of hydrogen-bond acceptors (Lipinski definition) is 2. The van der Waals surface area contributed by atoms with Crippen LogP contribution in [0, 0.1) is 0 Å². The minimum Gasteiger partial charge on any atom is -0.335 e. The van der Waals surface area contributed by atoms with Gasteiger partial charge in [-0.3, -0.25) is 4.79 Å². The summed E-state index contributed by atoms with van der Waals surface area (Å²) >= 11 is 0. The Morgan fingerprint density at radius 3 is 2.53 bits per heavy atom. The Hall–Kier alpha value is -0.830. The lowest BCUT2D eigenvalue weighted by molar-refractivity contribution is -0.135. The van der Waals surface area contributed by atoms with E-state index in [1.54, 1.807) is 0 Å². The molecule has 1 N–H and O–H groups in total. The minimum absolute atomic E-state index is 0.0595. The lowest BCUT2D eigenvalue weighted by atomic mass is 10.0. The number of amides is 1. The number of nitrogens with one attached hydrogen (secondary N) is 1. The third-order valence-electron chi connectivity index (χ3n) is 3.98. The summed E-state index contributed by atoms with van der Waals surface area (Å²) in [6.45, 7) is 5.48. The Labute approximate surface area is 104 Å². The highest BCUT2D eigenvalue weighted by molar-refractivity contribution is 5.82. The molecule has 1 heterocycles. The first-order valence-corrected chi connectivity index (χ1v) is 6.97. The van der Waals surface area contributed by atoms with E-state index in [1.807, 2.05) is 6.08 Å². The van der Waals surface area contributed by atoms with Gasteiger partial charge in [-0.25, -0.2) is 0 Å². The molecule has 1 aliphatic carbocycles. The zero-order valence-electron chi connectivity index (χ0n) is 10.7. The number of piperidine rings is 1. The highest BCUT2D eigenvalue weighted by Gasteiger charge is 2.30. The van der Waals surface area contributed by atoms with Crippen LogP contribution in [0.4, 0.5) is 0 Å². The molecule has 3 nitrogen and oxygen atoms in total. The summed E-state index contributed by atoms with van der Waals surface area (Å²) < 4.78 is 0. The maximum absolute atomic E-state index is 12.5. The zero-order valence-corrected chi connectivity index (χ0v) is 10.7. The third kappa shape index (κ3) is 3.09. The standard InChI is InChI=1S/C14H24N2O/c1-2-11-16(12-7-3-4-8-12)14(17)13-9-5-6-10-15-13/h2,12-13,15H,1,3-11H2/t13-/m0/s1. The van der Waals surface area contributed by atoms with Crippen LogP contribution in [-0.4, -0.2) is 36.0 Å². The van der Waals surface area contributed by atoms with E-state index in [-0.39, 0.29) is 6.04 Å². The monoisotopic (exact) mass is 236 g/mol. The second kappa shape index (κ2) is 6.20. The first kappa shape index (κ1) is 12.6. The molecule has 17 heavy (non-hydrogen) atoms. The van der Waals surface area contributed by atoms with Gasteiger partial charge in [-0.2, -0.15) is 0 Å².